The van der Waals surface area contributed by atoms with E-state index in [0.29, 0.717) is 55.1 Å². The quantitative estimate of drug-likeness (QED) is 0.151. The fourth-order valence-corrected chi connectivity index (χ4v) is 7.11. The van der Waals surface area contributed by atoms with Gasteiger partial charge in [0.15, 0.2) is 0 Å². The predicted octanol–water partition coefficient (Wildman–Crippen LogP) is 3.37. The second kappa shape index (κ2) is 12.0. The summed E-state index contributed by atoms with van der Waals surface area (Å²) in [4.78, 5) is 48.1. The smallest absolute Gasteiger partial charge is 0.311 e. The number of ether oxygens (including phenoxy) is 1. The topological polar surface area (TPSA) is 128 Å². The highest BCUT2D eigenvalue weighted by Gasteiger charge is 2.54. The van der Waals surface area contributed by atoms with E-state index in [4.69, 9.17) is 10.5 Å². The number of rotatable bonds is 11. The molecule has 3 aliphatic rings. The first-order chi connectivity index (χ1) is 17.7. The summed E-state index contributed by atoms with van der Waals surface area (Å²) < 4.78 is 8.11. The highest BCUT2D eigenvalue weighted by atomic mass is 32.1. The summed E-state index contributed by atoms with van der Waals surface area (Å²) >= 11 is 3.88. The average molecular weight is 530 g/mol. The lowest BCUT2D eigenvalue weighted by atomic mass is 9.55. The van der Waals surface area contributed by atoms with Crippen molar-refractivity contribution in [2.24, 2.45) is 23.0 Å². The second-order valence-corrected chi connectivity index (χ2v) is 11.4. The van der Waals surface area contributed by atoms with E-state index in [0.717, 1.165) is 38.5 Å². The number of benzene rings is 1. The first-order valence-electron chi connectivity index (χ1n) is 13.6. The minimum atomic E-state index is -0.490. The van der Waals surface area contributed by atoms with Gasteiger partial charge in [-0.3, -0.25) is 23.9 Å². The molecule has 0 saturated heterocycles. The number of thiol groups is 1. The number of carbonyl (C=O) groups excluding carboxylic acids is 4. The molecule has 4 N–H and O–H groups in total. The van der Waals surface area contributed by atoms with Crippen LogP contribution < -0.4 is 20.5 Å². The Bertz CT molecular complexity index is 1050. The molecular formula is C28H39N3O5S. The van der Waals surface area contributed by atoms with Crippen molar-refractivity contribution in [2.75, 3.05) is 6.54 Å². The van der Waals surface area contributed by atoms with Crippen molar-refractivity contribution in [1.82, 2.24) is 10.0 Å². The average Bonchev–Trinajstić information content (AvgIpc) is 3.18. The van der Waals surface area contributed by atoms with Gasteiger partial charge in [0.1, 0.15) is 11.5 Å². The van der Waals surface area contributed by atoms with Gasteiger partial charge in [0.2, 0.25) is 11.8 Å². The molecule has 8 nitrogen and oxygen atoms in total. The lowest BCUT2D eigenvalue weighted by molar-refractivity contribution is -0.136. The van der Waals surface area contributed by atoms with Crippen molar-refractivity contribution in [1.29, 1.82) is 0 Å². The standard InChI is InChI=1S/C28H39N3O5S/c1-28-14-13-20-19-8-6-18(16-17(19)5-7-21(20)22(28)9-10-24(28)32)36-26(34)12-11-25(33)30-15-3-2-4-23(31-37)27(29)35/h6,8,16,20-23,31,37H,2-5,7,9-15H2,1H3,(H2,29,35)(H,30,33)/t20?,21?,22?,23-,28?/m0/s1. The SMILES string of the molecule is CC12CCC3c4ccc(OC(=O)CCC(=O)NCCCC[C@H](NS)C(N)=O)cc4CCC3C1CCC2=O. The molecule has 9 heteroatoms. The van der Waals surface area contributed by atoms with Crippen LogP contribution in [0.3, 0.4) is 0 Å². The largest absolute Gasteiger partial charge is 0.427 e. The monoisotopic (exact) mass is 529 g/mol. The summed E-state index contributed by atoms with van der Waals surface area (Å²) in [6.45, 7) is 2.65. The zero-order chi connectivity index (χ0) is 26.6. The lowest BCUT2D eigenvalue weighted by Gasteiger charge is -2.48. The Morgan fingerprint density at radius 2 is 1.97 bits per heavy atom. The van der Waals surface area contributed by atoms with Crippen molar-refractivity contribution in [3.8, 4) is 5.75 Å². The highest BCUT2D eigenvalue weighted by molar-refractivity contribution is 7.78. The van der Waals surface area contributed by atoms with E-state index < -0.39 is 17.9 Å². The number of unbranched alkanes of at least 4 members (excludes halogenated alkanes) is 1. The molecule has 4 unspecified atom stereocenters. The maximum absolute atomic E-state index is 12.5. The van der Waals surface area contributed by atoms with Crippen LogP contribution in [0.4, 0.5) is 0 Å². The zero-order valence-corrected chi connectivity index (χ0v) is 22.5. The maximum Gasteiger partial charge on any atom is 0.311 e. The van der Waals surface area contributed by atoms with E-state index >= 15 is 0 Å². The number of primary amides is 1. The first-order valence-corrected chi connectivity index (χ1v) is 14.0. The molecular weight excluding hydrogens is 490 g/mol. The normalized spacial score (nSPS) is 27.0. The fraction of sp³-hybridized carbons (Fsp3) is 0.643. The van der Waals surface area contributed by atoms with Crippen LogP contribution in [-0.4, -0.2) is 36.2 Å². The Morgan fingerprint density at radius 1 is 1.16 bits per heavy atom. The highest BCUT2D eigenvalue weighted by Crippen LogP contribution is 2.59. The summed E-state index contributed by atoms with van der Waals surface area (Å²) in [7, 11) is 0. The molecule has 37 heavy (non-hydrogen) atoms. The Kier molecular flexibility index (Phi) is 8.95. The number of esters is 1. The molecule has 3 aliphatic carbocycles. The van der Waals surface area contributed by atoms with Crippen LogP contribution in [0.25, 0.3) is 0 Å². The molecule has 0 bridgehead atoms. The number of nitrogens with one attached hydrogen (secondary N) is 2. The van der Waals surface area contributed by atoms with Gasteiger partial charge in [-0.15, -0.1) is 0 Å². The van der Waals surface area contributed by atoms with Gasteiger partial charge < -0.3 is 15.8 Å². The first kappa shape index (κ1) is 27.6. The Morgan fingerprint density at radius 3 is 2.73 bits per heavy atom. The molecule has 5 atom stereocenters. The van der Waals surface area contributed by atoms with Crippen molar-refractivity contribution in [3.63, 3.8) is 0 Å². The number of hydrogen-bond donors (Lipinski definition) is 4. The summed E-state index contributed by atoms with van der Waals surface area (Å²) in [5.41, 5.74) is 7.71. The maximum atomic E-state index is 12.5. The second-order valence-electron chi connectivity index (χ2n) is 11.1. The minimum absolute atomic E-state index is 0.00916. The van der Waals surface area contributed by atoms with Gasteiger partial charge in [-0.05, 0) is 92.4 Å². The lowest BCUT2D eigenvalue weighted by Crippen LogP contribution is -2.42. The number of hydrogen-bond acceptors (Lipinski definition) is 7. The Hall–Kier alpha value is -2.39. The number of carbonyl (C=O) groups is 4. The van der Waals surface area contributed by atoms with E-state index in [1.807, 2.05) is 12.1 Å². The van der Waals surface area contributed by atoms with E-state index in [1.165, 1.54) is 11.1 Å². The number of nitrogens with two attached hydrogens (primary N) is 1. The number of Topliss-reactive ketones (excluding diaryl/α,β-unsaturated/α-hetero) is 1. The third kappa shape index (κ3) is 6.20. The van der Waals surface area contributed by atoms with Gasteiger partial charge in [0.25, 0.3) is 0 Å². The predicted molar refractivity (Wildman–Crippen MR) is 143 cm³/mol. The zero-order valence-electron chi connectivity index (χ0n) is 21.6. The number of ketones is 1. The third-order valence-corrected chi connectivity index (χ3v) is 9.25. The molecule has 0 aromatic heterocycles. The van der Waals surface area contributed by atoms with E-state index in [9.17, 15) is 19.2 Å². The van der Waals surface area contributed by atoms with Crippen LogP contribution in [-0.2, 0) is 25.6 Å². The summed E-state index contributed by atoms with van der Waals surface area (Å²) in [6, 6.07) is 5.46. The van der Waals surface area contributed by atoms with Gasteiger partial charge in [0.05, 0.1) is 12.5 Å². The summed E-state index contributed by atoms with van der Waals surface area (Å²) in [5, 5.41) is 2.79. The van der Waals surface area contributed by atoms with Crippen molar-refractivity contribution < 1.29 is 23.9 Å². The molecule has 0 spiro atoms. The summed E-state index contributed by atoms with van der Waals surface area (Å²) in [6.07, 6.45) is 7.82. The van der Waals surface area contributed by atoms with Crippen LogP contribution in [0.2, 0.25) is 0 Å². The van der Waals surface area contributed by atoms with E-state index in [1.54, 1.807) is 0 Å². The van der Waals surface area contributed by atoms with Crippen molar-refractivity contribution in [2.45, 2.75) is 89.5 Å². The molecule has 0 aliphatic heterocycles. The molecule has 2 fully saturated rings. The van der Waals surface area contributed by atoms with E-state index in [-0.39, 0.29) is 24.2 Å². The number of amides is 2. The Labute approximate surface area is 224 Å². The minimum Gasteiger partial charge on any atom is -0.427 e. The van der Waals surface area contributed by atoms with Gasteiger partial charge >= 0.3 is 5.97 Å². The van der Waals surface area contributed by atoms with Gasteiger partial charge in [-0.25, -0.2) is 0 Å². The summed E-state index contributed by atoms with van der Waals surface area (Å²) in [5.74, 6) is 1.44. The van der Waals surface area contributed by atoms with Gasteiger partial charge in [0, 0.05) is 24.8 Å². The molecule has 0 heterocycles. The molecule has 1 aromatic carbocycles. The molecule has 202 valence electrons. The number of aryl methyl sites for hydroxylation is 1. The van der Waals surface area contributed by atoms with Crippen molar-refractivity contribution >= 4 is 36.4 Å². The van der Waals surface area contributed by atoms with Crippen molar-refractivity contribution in [3.05, 3.63) is 29.3 Å². The molecule has 1 aromatic rings. The van der Waals surface area contributed by atoms with Crippen LogP contribution in [0, 0.1) is 17.3 Å². The molecule has 0 radical (unpaired) electrons. The van der Waals surface area contributed by atoms with Crippen LogP contribution in [0.5, 0.6) is 5.75 Å². The number of fused-ring (bicyclic) bond motifs is 5. The molecule has 4 rings (SSSR count). The van der Waals surface area contributed by atoms with Gasteiger partial charge in [-0.2, -0.15) is 0 Å². The Balaban J connectivity index is 1.21. The third-order valence-electron chi connectivity index (χ3n) is 8.94. The van der Waals surface area contributed by atoms with E-state index in [2.05, 4.69) is 35.8 Å². The molecule has 2 saturated carbocycles. The van der Waals surface area contributed by atoms with Gasteiger partial charge in [-0.1, -0.05) is 25.8 Å². The molecule has 2 amide bonds. The van der Waals surface area contributed by atoms with Crippen LogP contribution in [0.1, 0.15) is 88.2 Å². The fourth-order valence-electron chi connectivity index (χ4n) is 6.85. The van der Waals surface area contributed by atoms with Crippen LogP contribution >= 0.6 is 12.8 Å². The van der Waals surface area contributed by atoms with Crippen LogP contribution in [0.15, 0.2) is 18.2 Å².